The molecule has 190 valence electrons. The lowest BCUT2D eigenvalue weighted by Gasteiger charge is -2.29. The molecule has 1 unspecified atom stereocenters. The standard InChI is InChI=1S/C20H13Cl3F6N2O3S/c21-12-4-11(5-13(22)6-12)18(20(27,28)29)7-15(31-34-18)10-1-2-16(14(23)3-10)35(33)8-17(32)30-9-19(24,25)26/h1-6H,7-9H2,(H,30,32)/t18-,35?/m0/s1. The maximum atomic E-state index is 14.1. The van der Waals surface area contributed by atoms with Gasteiger partial charge in [0.15, 0.2) is 0 Å². The number of hydrogen-bond donors (Lipinski definition) is 1. The molecule has 3 rings (SSSR count). The van der Waals surface area contributed by atoms with E-state index >= 15 is 0 Å². The van der Waals surface area contributed by atoms with Crippen LogP contribution in [-0.2, 0) is 26.0 Å². The van der Waals surface area contributed by atoms with Crippen LogP contribution in [0.25, 0.3) is 0 Å². The molecule has 1 heterocycles. The lowest BCUT2D eigenvalue weighted by atomic mass is 9.86. The van der Waals surface area contributed by atoms with Crippen LogP contribution in [0.15, 0.2) is 46.4 Å². The second kappa shape index (κ2) is 10.2. The quantitative estimate of drug-likeness (QED) is 0.425. The summed E-state index contributed by atoms with van der Waals surface area (Å²) in [4.78, 5) is 16.4. The summed E-state index contributed by atoms with van der Waals surface area (Å²) in [6, 6.07) is 6.98. The van der Waals surface area contributed by atoms with Crippen LogP contribution < -0.4 is 5.32 Å². The van der Waals surface area contributed by atoms with Gasteiger partial charge >= 0.3 is 12.4 Å². The van der Waals surface area contributed by atoms with Gasteiger partial charge in [-0.1, -0.05) is 46.0 Å². The fourth-order valence-corrected chi connectivity index (χ4v) is 5.11. The highest BCUT2D eigenvalue weighted by atomic mass is 35.5. The summed E-state index contributed by atoms with van der Waals surface area (Å²) in [6.07, 6.45) is -10.3. The molecular formula is C20H13Cl3F6N2O3S. The topological polar surface area (TPSA) is 67.8 Å². The van der Waals surface area contributed by atoms with Crippen molar-refractivity contribution in [2.75, 3.05) is 12.3 Å². The number of carbonyl (C=O) groups excluding carboxylic acids is 1. The van der Waals surface area contributed by atoms with Crippen molar-refractivity contribution < 1.29 is 40.2 Å². The maximum Gasteiger partial charge on any atom is 0.435 e. The molecule has 15 heteroatoms. The third kappa shape index (κ3) is 6.41. The first-order chi connectivity index (χ1) is 16.1. The zero-order chi connectivity index (χ0) is 26.2. The van der Waals surface area contributed by atoms with E-state index in [0.717, 1.165) is 12.1 Å². The molecular weight excluding hydrogens is 569 g/mol. The maximum absolute atomic E-state index is 14.1. The van der Waals surface area contributed by atoms with Crippen molar-refractivity contribution in [1.29, 1.82) is 0 Å². The van der Waals surface area contributed by atoms with Gasteiger partial charge in [0.25, 0.3) is 5.60 Å². The second-order valence-corrected chi connectivity index (χ2v) is 10.0. The lowest BCUT2D eigenvalue weighted by molar-refractivity contribution is -0.275. The van der Waals surface area contributed by atoms with Crippen LogP contribution in [0.5, 0.6) is 0 Å². The van der Waals surface area contributed by atoms with Gasteiger partial charge in [-0.15, -0.1) is 0 Å². The molecule has 0 aliphatic carbocycles. The van der Waals surface area contributed by atoms with Crippen molar-refractivity contribution in [3.05, 3.63) is 62.6 Å². The number of carbonyl (C=O) groups is 1. The second-order valence-electron chi connectivity index (χ2n) is 7.32. The fraction of sp³-hybridized carbons (Fsp3) is 0.300. The first-order valence-electron chi connectivity index (χ1n) is 9.41. The van der Waals surface area contributed by atoms with Crippen molar-refractivity contribution in [3.63, 3.8) is 0 Å². The van der Waals surface area contributed by atoms with Crippen LogP contribution in [0.3, 0.4) is 0 Å². The summed E-state index contributed by atoms with van der Waals surface area (Å²) in [5.74, 6) is -1.92. The van der Waals surface area contributed by atoms with Gasteiger partial charge in [-0.3, -0.25) is 9.00 Å². The van der Waals surface area contributed by atoms with Crippen molar-refractivity contribution in [1.82, 2.24) is 5.32 Å². The zero-order valence-corrected chi connectivity index (χ0v) is 20.2. The Kier molecular flexibility index (Phi) is 8.00. The summed E-state index contributed by atoms with van der Waals surface area (Å²) >= 11 is 17.8. The number of nitrogens with zero attached hydrogens (tertiary/aromatic N) is 1. The predicted octanol–water partition coefficient (Wildman–Crippen LogP) is 6.02. The Hall–Kier alpha value is -2.02. The highest BCUT2D eigenvalue weighted by Gasteiger charge is 2.62. The minimum atomic E-state index is -4.92. The number of amides is 1. The third-order valence-electron chi connectivity index (χ3n) is 4.77. The Morgan fingerprint density at radius 1 is 1.06 bits per heavy atom. The molecule has 1 N–H and O–H groups in total. The summed E-state index contributed by atoms with van der Waals surface area (Å²) in [6.45, 7) is -1.59. The average Bonchev–Trinajstić information content (AvgIpc) is 3.18. The molecule has 0 radical (unpaired) electrons. The zero-order valence-electron chi connectivity index (χ0n) is 17.1. The average molecular weight is 582 g/mol. The summed E-state index contributed by atoms with van der Waals surface area (Å²) in [5.41, 5.74) is -3.27. The number of oxime groups is 1. The Labute approximate surface area is 211 Å². The van der Waals surface area contributed by atoms with Crippen molar-refractivity contribution in [2.24, 2.45) is 5.16 Å². The van der Waals surface area contributed by atoms with Crippen LogP contribution in [0, 0.1) is 0 Å². The minimum absolute atomic E-state index is 0.0395. The monoisotopic (exact) mass is 580 g/mol. The number of hydrogen-bond acceptors (Lipinski definition) is 4. The van der Waals surface area contributed by atoms with Crippen molar-refractivity contribution in [2.45, 2.75) is 29.3 Å². The molecule has 0 saturated heterocycles. The predicted molar refractivity (Wildman–Crippen MR) is 118 cm³/mol. The van der Waals surface area contributed by atoms with Crippen LogP contribution in [-0.4, -0.2) is 40.5 Å². The molecule has 1 aliphatic rings. The van der Waals surface area contributed by atoms with Crippen LogP contribution in [0.1, 0.15) is 17.5 Å². The van der Waals surface area contributed by atoms with E-state index in [1.54, 1.807) is 5.32 Å². The Bertz CT molecular complexity index is 1190. The smallest absolute Gasteiger partial charge is 0.374 e. The van der Waals surface area contributed by atoms with Crippen LogP contribution in [0.4, 0.5) is 26.3 Å². The molecule has 0 aromatic heterocycles. The van der Waals surface area contributed by atoms with E-state index in [2.05, 4.69) is 5.16 Å². The number of benzene rings is 2. The van der Waals surface area contributed by atoms with Crippen molar-refractivity contribution >= 4 is 57.2 Å². The number of alkyl halides is 6. The molecule has 5 nitrogen and oxygen atoms in total. The molecule has 0 fully saturated rings. The lowest BCUT2D eigenvalue weighted by Crippen LogP contribution is -2.42. The summed E-state index contributed by atoms with van der Waals surface area (Å²) in [7, 11) is -2.12. The first kappa shape index (κ1) is 27.6. The largest absolute Gasteiger partial charge is 0.435 e. The summed E-state index contributed by atoms with van der Waals surface area (Å²) in [5, 5.41) is 4.89. The molecule has 0 spiro atoms. The van der Waals surface area contributed by atoms with E-state index < -0.39 is 53.4 Å². The van der Waals surface area contributed by atoms with E-state index in [0.29, 0.717) is 0 Å². The molecule has 0 bridgehead atoms. The highest BCUT2D eigenvalue weighted by Crippen LogP contribution is 2.49. The van der Waals surface area contributed by atoms with Gasteiger partial charge in [0, 0.05) is 27.6 Å². The SMILES string of the molecule is O=C(CS(=O)c1ccc(C2=NO[C@@](c3cc(Cl)cc(Cl)c3)(C(F)(F)F)C2)cc1Cl)NCC(F)(F)F. The normalized spacial score (nSPS) is 19.2. The molecule has 1 amide bonds. The fourth-order valence-electron chi connectivity index (χ4n) is 3.16. The van der Waals surface area contributed by atoms with Gasteiger partial charge in [-0.25, -0.2) is 0 Å². The van der Waals surface area contributed by atoms with Gasteiger partial charge in [-0.2, -0.15) is 26.3 Å². The Balaban J connectivity index is 1.81. The van der Waals surface area contributed by atoms with Gasteiger partial charge in [0.05, 0.1) is 26.4 Å². The van der Waals surface area contributed by atoms with Crippen LogP contribution >= 0.6 is 34.8 Å². The minimum Gasteiger partial charge on any atom is -0.374 e. The van der Waals surface area contributed by atoms with Gasteiger partial charge in [0.1, 0.15) is 12.3 Å². The van der Waals surface area contributed by atoms with E-state index in [1.807, 2.05) is 0 Å². The number of halogens is 9. The van der Waals surface area contributed by atoms with Gasteiger partial charge < -0.3 is 10.2 Å². The number of nitrogens with one attached hydrogen (secondary N) is 1. The number of rotatable bonds is 6. The van der Waals surface area contributed by atoms with Gasteiger partial charge in [0.2, 0.25) is 5.91 Å². The Morgan fingerprint density at radius 3 is 2.23 bits per heavy atom. The van der Waals surface area contributed by atoms with E-state index in [4.69, 9.17) is 39.6 Å². The van der Waals surface area contributed by atoms with Crippen molar-refractivity contribution in [3.8, 4) is 0 Å². The van der Waals surface area contributed by atoms with E-state index in [-0.39, 0.29) is 36.8 Å². The highest BCUT2D eigenvalue weighted by molar-refractivity contribution is 7.85. The van der Waals surface area contributed by atoms with E-state index in [1.165, 1.54) is 24.3 Å². The van der Waals surface area contributed by atoms with Gasteiger partial charge in [-0.05, 0) is 30.3 Å². The summed E-state index contributed by atoms with van der Waals surface area (Å²) < 4.78 is 91.3. The molecule has 35 heavy (non-hydrogen) atoms. The molecule has 1 aliphatic heterocycles. The third-order valence-corrected chi connectivity index (χ3v) is 7.01. The molecule has 2 aromatic carbocycles. The molecule has 0 saturated carbocycles. The first-order valence-corrected chi connectivity index (χ1v) is 11.9. The Morgan fingerprint density at radius 2 is 1.69 bits per heavy atom. The van der Waals surface area contributed by atoms with E-state index in [9.17, 15) is 35.3 Å². The molecule has 2 aromatic rings. The van der Waals surface area contributed by atoms with Crippen LogP contribution in [0.2, 0.25) is 15.1 Å². The molecule has 2 atom stereocenters.